The molecular weight excluding hydrogens is 234 g/mol. The number of Topliss-reactive ketones (excluding diaryl/α,β-unsaturated/α-hetero) is 1. The van der Waals surface area contributed by atoms with Crippen LogP contribution in [0.4, 0.5) is 0 Å². The average molecular weight is 250 g/mol. The van der Waals surface area contributed by atoms with Crippen molar-refractivity contribution in [2.45, 2.75) is 33.2 Å². The van der Waals surface area contributed by atoms with E-state index in [0.717, 1.165) is 0 Å². The number of halogens is 1. The summed E-state index contributed by atoms with van der Waals surface area (Å²) in [6, 6.07) is 0.167. The Morgan fingerprint density at radius 3 is 2.23 bits per heavy atom. The van der Waals surface area contributed by atoms with Crippen LogP contribution in [-0.2, 0) is 9.59 Å². The van der Waals surface area contributed by atoms with Crippen LogP contribution in [0.5, 0.6) is 0 Å². The molecule has 0 aliphatic rings. The Bertz CT molecular complexity index is 192. The van der Waals surface area contributed by atoms with Crippen LogP contribution in [-0.4, -0.2) is 34.5 Å². The minimum absolute atomic E-state index is 0.0253. The summed E-state index contributed by atoms with van der Waals surface area (Å²) in [5, 5.41) is 0.372. The molecule has 0 rings (SSSR count). The summed E-state index contributed by atoms with van der Waals surface area (Å²) in [5.41, 5.74) is 0. The number of alkyl halides is 1. The number of hydrogen-bond donors (Lipinski definition) is 0. The lowest BCUT2D eigenvalue weighted by Gasteiger charge is -2.24. The predicted octanol–water partition coefficient (Wildman–Crippen LogP) is 1.60. The molecule has 0 N–H and O–H groups in total. The second kappa shape index (κ2) is 6.13. The first-order valence-electron chi connectivity index (χ1n) is 4.34. The van der Waals surface area contributed by atoms with E-state index in [1.54, 1.807) is 4.90 Å². The molecule has 0 fully saturated rings. The molecule has 76 valence electrons. The van der Waals surface area contributed by atoms with E-state index in [0.29, 0.717) is 18.3 Å². The first-order valence-corrected chi connectivity index (χ1v) is 5.46. The quantitative estimate of drug-likeness (QED) is 0.695. The van der Waals surface area contributed by atoms with Crippen molar-refractivity contribution in [1.82, 2.24) is 4.90 Å². The SMILES string of the molecule is CC(=O)N(CCC(=O)CBr)C(C)C. The Morgan fingerprint density at radius 1 is 1.38 bits per heavy atom. The van der Waals surface area contributed by atoms with Gasteiger partial charge in [-0.25, -0.2) is 0 Å². The van der Waals surface area contributed by atoms with E-state index in [2.05, 4.69) is 15.9 Å². The zero-order valence-electron chi connectivity index (χ0n) is 8.34. The van der Waals surface area contributed by atoms with Gasteiger partial charge in [-0.2, -0.15) is 0 Å². The third-order valence-corrected chi connectivity index (χ3v) is 2.43. The Morgan fingerprint density at radius 2 is 1.92 bits per heavy atom. The molecule has 0 radical (unpaired) electrons. The van der Waals surface area contributed by atoms with Crippen molar-refractivity contribution < 1.29 is 9.59 Å². The standard InChI is InChI=1S/C9H16BrNO2/c1-7(2)11(8(3)12)5-4-9(13)6-10/h7H,4-6H2,1-3H3. The maximum Gasteiger partial charge on any atom is 0.219 e. The van der Waals surface area contributed by atoms with E-state index < -0.39 is 0 Å². The maximum absolute atomic E-state index is 11.1. The molecule has 0 aliphatic carbocycles. The monoisotopic (exact) mass is 249 g/mol. The van der Waals surface area contributed by atoms with Crippen molar-refractivity contribution in [1.29, 1.82) is 0 Å². The Kier molecular flexibility index (Phi) is 5.95. The zero-order valence-corrected chi connectivity index (χ0v) is 9.93. The fraction of sp³-hybridized carbons (Fsp3) is 0.778. The van der Waals surface area contributed by atoms with E-state index in [4.69, 9.17) is 0 Å². The number of carbonyl (C=O) groups excluding carboxylic acids is 2. The second-order valence-corrected chi connectivity index (χ2v) is 3.79. The molecule has 0 atom stereocenters. The van der Waals surface area contributed by atoms with Gasteiger partial charge in [-0.1, -0.05) is 15.9 Å². The second-order valence-electron chi connectivity index (χ2n) is 3.23. The molecule has 3 nitrogen and oxygen atoms in total. The van der Waals surface area contributed by atoms with Gasteiger partial charge >= 0.3 is 0 Å². The largest absolute Gasteiger partial charge is 0.340 e. The summed E-state index contributed by atoms with van der Waals surface area (Å²) in [5.74, 6) is 0.157. The van der Waals surface area contributed by atoms with Gasteiger partial charge in [-0.05, 0) is 13.8 Å². The number of rotatable bonds is 5. The van der Waals surface area contributed by atoms with Crippen molar-refractivity contribution in [2.75, 3.05) is 11.9 Å². The van der Waals surface area contributed by atoms with Gasteiger partial charge in [0.15, 0.2) is 0 Å². The molecule has 0 aliphatic heterocycles. The summed E-state index contributed by atoms with van der Waals surface area (Å²) >= 11 is 3.09. The van der Waals surface area contributed by atoms with Crippen LogP contribution in [0, 0.1) is 0 Å². The summed E-state index contributed by atoms with van der Waals surface area (Å²) in [4.78, 5) is 23.8. The number of amides is 1. The highest BCUT2D eigenvalue weighted by Gasteiger charge is 2.13. The molecule has 1 amide bonds. The van der Waals surface area contributed by atoms with Crippen molar-refractivity contribution >= 4 is 27.6 Å². The highest BCUT2D eigenvalue weighted by molar-refractivity contribution is 9.09. The third kappa shape index (κ3) is 5.03. The van der Waals surface area contributed by atoms with Crippen molar-refractivity contribution in [2.24, 2.45) is 0 Å². The van der Waals surface area contributed by atoms with Gasteiger partial charge in [0.2, 0.25) is 5.91 Å². The fourth-order valence-electron chi connectivity index (χ4n) is 1.09. The summed E-state index contributed by atoms with van der Waals surface area (Å²) in [7, 11) is 0. The molecule has 0 aromatic carbocycles. The van der Waals surface area contributed by atoms with Gasteiger partial charge in [0, 0.05) is 25.9 Å². The first kappa shape index (κ1) is 12.6. The van der Waals surface area contributed by atoms with Crippen LogP contribution < -0.4 is 0 Å². The predicted molar refractivity (Wildman–Crippen MR) is 55.9 cm³/mol. The molecule has 0 saturated carbocycles. The smallest absolute Gasteiger partial charge is 0.219 e. The Labute approximate surface area is 87.6 Å². The molecular formula is C9H16BrNO2. The van der Waals surface area contributed by atoms with Gasteiger partial charge in [0.1, 0.15) is 5.78 Å². The van der Waals surface area contributed by atoms with Crippen LogP contribution in [0.2, 0.25) is 0 Å². The van der Waals surface area contributed by atoms with Gasteiger partial charge < -0.3 is 4.90 Å². The normalized spacial score (nSPS) is 10.2. The highest BCUT2D eigenvalue weighted by Crippen LogP contribution is 2.01. The summed E-state index contributed by atoms with van der Waals surface area (Å²) in [6.45, 7) is 5.94. The van der Waals surface area contributed by atoms with Gasteiger partial charge in [0.05, 0.1) is 5.33 Å². The topological polar surface area (TPSA) is 37.4 Å². The molecule has 0 aromatic heterocycles. The lowest BCUT2D eigenvalue weighted by atomic mass is 10.2. The molecule has 13 heavy (non-hydrogen) atoms. The summed E-state index contributed by atoms with van der Waals surface area (Å²) < 4.78 is 0. The van der Waals surface area contributed by atoms with Gasteiger partial charge in [-0.3, -0.25) is 9.59 Å². The molecule has 0 bridgehead atoms. The van der Waals surface area contributed by atoms with Crippen LogP contribution in [0.3, 0.4) is 0 Å². The Hall–Kier alpha value is -0.380. The molecule has 0 heterocycles. The summed E-state index contributed by atoms with van der Waals surface area (Å²) in [6.07, 6.45) is 0.434. The van der Waals surface area contributed by atoms with E-state index in [-0.39, 0.29) is 17.7 Å². The zero-order chi connectivity index (χ0) is 10.4. The van der Waals surface area contributed by atoms with Crippen molar-refractivity contribution in [3.63, 3.8) is 0 Å². The molecule has 0 aromatic rings. The number of carbonyl (C=O) groups is 2. The van der Waals surface area contributed by atoms with Crippen LogP contribution >= 0.6 is 15.9 Å². The minimum Gasteiger partial charge on any atom is -0.340 e. The number of nitrogens with zero attached hydrogens (tertiary/aromatic N) is 1. The number of ketones is 1. The van der Waals surface area contributed by atoms with Crippen LogP contribution in [0.25, 0.3) is 0 Å². The minimum atomic E-state index is 0.0253. The maximum atomic E-state index is 11.1. The van der Waals surface area contributed by atoms with Crippen LogP contribution in [0.15, 0.2) is 0 Å². The molecule has 0 saturated heterocycles. The van der Waals surface area contributed by atoms with Crippen LogP contribution in [0.1, 0.15) is 27.2 Å². The third-order valence-electron chi connectivity index (χ3n) is 1.81. The first-order chi connectivity index (χ1) is 5.99. The van der Waals surface area contributed by atoms with Gasteiger partial charge in [0.25, 0.3) is 0 Å². The number of hydrogen-bond acceptors (Lipinski definition) is 2. The fourth-order valence-corrected chi connectivity index (χ4v) is 1.37. The highest BCUT2D eigenvalue weighted by atomic mass is 79.9. The van der Waals surface area contributed by atoms with Crippen molar-refractivity contribution in [3.05, 3.63) is 0 Å². The average Bonchev–Trinajstić information content (AvgIpc) is 2.03. The Balaban J connectivity index is 3.97. The van der Waals surface area contributed by atoms with E-state index in [1.165, 1.54) is 6.92 Å². The lowest BCUT2D eigenvalue weighted by molar-refractivity contribution is -0.130. The van der Waals surface area contributed by atoms with Gasteiger partial charge in [-0.15, -0.1) is 0 Å². The lowest BCUT2D eigenvalue weighted by Crippen LogP contribution is -2.36. The molecule has 4 heteroatoms. The molecule has 0 spiro atoms. The van der Waals surface area contributed by atoms with E-state index >= 15 is 0 Å². The van der Waals surface area contributed by atoms with E-state index in [1.807, 2.05) is 13.8 Å². The molecule has 0 unspecified atom stereocenters. The van der Waals surface area contributed by atoms with Crippen molar-refractivity contribution in [3.8, 4) is 0 Å². The van der Waals surface area contributed by atoms with E-state index in [9.17, 15) is 9.59 Å².